The first-order valence-electron chi connectivity index (χ1n) is 2.10. The van der Waals surface area contributed by atoms with Gasteiger partial charge in [-0.3, -0.25) is 9.59 Å². The maximum atomic E-state index is 11.7. The Hall–Kier alpha value is 0.140. The average Bonchev–Trinajstić information content (AvgIpc) is 1.86. The minimum Gasteiger partial charge on any atom is -0.294 e. The van der Waals surface area contributed by atoms with Crippen LogP contribution in [-0.4, -0.2) is 22.0 Å². The Balaban J connectivity index is 4.40. The van der Waals surface area contributed by atoms with Crippen LogP contribution in [0.4, 0.5) is 4.39 Å². The molecule has 0 aliphatic rings. The maximum Gasteiger partial charge on any atom is 0.344 e. The molecule has 0 atom stereocenters. The zero-order valence-corrected chi connectivity index (χ0v) is 6.80. The monoisotopic (exact) mass is 206 g/mol. The summed E-state index contributed by atoms with van der Waals surface area (Å²) in [7, 11) is 0. The van der Waals surface area contributed by atoms with Crippen molar-refractivity contribution in [2.45, 2.75) is 4.33 Å². The summed E-state index contributed by atoms with van der Waals surface area (Å²) in [6.45, 7) is 0. The lowest BCUT2D eigenvalue weighted by Crippen LogP contribution is -2.33. The SMILES string of the molecule is O=C(F)C(Cl)(Cl)C(=O)CCl. The molecule has 0 unspecified atom stereocenters. The summed E-state index contributed by atoms with van der Waals surface area (Å²) in [4.78, 5) is 20.3. The number of ketones is 1. The van der Waals surface area contributed by atoms with Crippen molar-refractivity contribution < 1.29 is 14.0 Å². The molecule has 0 amide bonds. The third-order valence-corrected chi connectivity index (χ3v) is 1.68. The highest BCUT2D eigenvalue weighted by molar-refractivity contribution is 6.68. The maximum absolute atomic E-state index is 11.7. The molecule has 0 aliphatic heterocycles. The summed E-state index contributed by atoms with van der Waals surface area (Å²) >= 11 is 14.8. The van der Waals surface area contributed by atoms with Crippen molar-refractivity contribution in [3.05, 3.63) is 0 Å². The fourth-order valence-electron chi connectivity index (χ4n) is 0.194. The second-order valence-corrected chi connectivity index (χ2v) is 3.00. The van der Waals surface area contributed by atoms with Crippen molar-refractivity contribution in [2.24, 2.45) is 0 Å². The minimum absolute atomic E-state index is 0.595. The van der Waals surface area contributed by atoms with Crippen LogP contribution in [-0.2, 0) is 9.59 Å². The van der Waals surface area contributed by atoms with Gasteiger partial charge in [-0.05, 0) is 0 Å². The van der Waals surface area contributed by atoms with Crippen molar-refractivity contribution in [1.29, 1.82) is 0 Å². The van der Waals surface area contributed by atoms with Gasteiger partial charge in [-0.2, -0.15) is 4.39 Å². The van der Waals surface area contributed by atoms with E-state index in [-0.39, 0.29) is 0 Å². The van der Waals surface area contributed by atoms with Crippen molar-refractivity contribution in [3.8, 4) is 0 Å². The van der Waals surface area contributed by atoms with Gasteiger partial charge in [-0.15, -0.1) is 11.6 Å². The number of Topliss-reactive ketones (excluding diaryl/α,β-unsaturated/α-hetero) is 1. The van der Waals surface area contributed by atoms with Crippen LogP contribution in [0.3, 0.4) is 0 Å². The first kappa shape index (κ1) is 10.1. The van der Waals surface area contributed by atoms with Gasteiger partial charge in [0.1, 0.15) is 0 Å². The van der Waals surface area contributed by atoms with Crippen LogP contribution in [0, 0.1) is 0 Å². The average molecular weight is 207 g/mol. The van der Waals surface area contributed by atoms with Gasteiger partial charge < -0.3 is 0 Å². The molecule has 0 radical (unpaired) electrons. The van der Waals surface area contributed by atoms with Crippen molar-refractivity contribution in [1.82, 2.24) is 0 Å². The van der Waals surface area contributed by atoms with Crippen LogP contribution in [0.1, 0.15) is 0 Å². The summed E-state index contributed by atoms with van der Waals surface area (Å²) in [5.74, 6) is -1.66. The van der Waals surface area contributed by atoms with Crippen LogP contribution >= 0.6 is 34.8 Å². The number of hydrogen-bond acceptors (Lipinski definition) is 2. The first-order chi connectivity index (χ1) is 4.42. The quantitative estimate of drug-likeness (QED) is 0.399. The summed E-state index contributed by atoms with van der Waals surface area (Å²) in [5, 5.41) is 0. The molecule has 0 rings (SSSR count). The van der Waals surface area contributed by atoms with E-state index < -0.39 is 22.0 Å². The fraction of sp³-hybridized carbons (Fsp3) is 0.500. The Bertz CT molecular complexity index is 168. The lowest BCUT2D eigenvalue weighted by molar-refractivity contribution is -0.134. The Kier molecular flexibility index (Phi) is 3.56. The molecule has 0 spiro atoms. The number of carbonyl (C=O) groups excluding carboxylic acids is 2. The molecule has 0 heterocycles. The molecule has 0 aromatic carbocycles. The molecular weight excluding hydrogens is 205 g/mol. The lowest BCUT2D eigenvalue weighted by atomic mass is 10.3. The van der Waals surface area contributed by atoms with Crippen LogP contribution < -0.4 is 0 Å². The summed E-state index contributed by atoms with van der Waals surface area (Å²) < 4.78 is 9.11. The number of alkyl halides is 3. The zero-order valence-electron chi connectivity index (χ0n) is 4.54. The molecule has 0 aromatic rings. The van der Waals surface area contributed by atoms with Crippen LogP contribution in [0.15, 0.2) is 0 Å². The molecule has 0 aliphatic carbocycles. The second kappa shape index (κ2) is 3.51. The predicted octanol–water partition coefficient (Wildman–Crippen LogP) is 1.46. The molecule has 0 saturated carbocycles. The van der Waals surface area contributed by atoms with E-state index in [1.165, 1.54) is 0 Å². The Morgan fingerprint density at radius 3 is 1.90 bits per heavy atom. The largest absolute Gasteiger partial charge is 0.344 e. The van der Waals surface area contributed by atoms with Crippen LogP contribution in [0.2, 0.25) is 0 Å². The zero-order chi connectivity index (χ0) is 8.36. The lowest BCUT2D eigenvalue weighted by Gasteiger charge is -2.07. The molecule has 0 aromatic heterocycles. The van der Waals surface area contributed by atoms with Gasteiger partial charge in [0.2, 0.25) is 0 Å². The van der Waals surface area contributed by atoms with E-state index in [0.717, 1.165) is 0 Å². The standard InChI is InChI=1S/C4H2Cl3FO2/c5-1-2(9)4(6,7)3(8)10/h1H2. The van der Waals surface area contributed by atoms with E-state index in [4.69, 9.17) is 34.8 Å². The van der Waals surface area contributed by atoms with Gasteiger partial charge in [-0.1, -0.05) is 23.2 Å². The second-order valence-electron chi connectivity index (χ2n) is 1.40. The minimum atomic E-state index is -2.62. The molecule has 6 heteroatoms. The van der Waals surface area contributed by atoms with Gasteiger partial charge in [0.15, 0.2) is 5.78 Å². The summed E-state index contributed by atoms with van der Waals surface area (Å²) in [5.41, 5.74) is 0. The normalized spacial score (nSPS) is 11.2. The van der Waals surface area contributed by atoms with E-state index in [2.05, 4.69) is 0 Å². The van der Waals surface area contributed by atoms with E-state index >= 15 is 0 Å². The molecule has 10 heavy (non-hydrogen) atoms. The number of hydrogen-bond donors (Lipinski definition) is 0. The van der Waals surface area contributed by atoms with Gasteiger partial charge in [0, 0.05) is 0 Å². The van der Waals surface area contributed by atoms with Crippen molar-refractivity contribution in [3.63, 3.8) is 0 Å². The number of rotatable bonds is 3. The van der Waals surface area contributed by atoms with Crippen molar-refractivity contribution >= 4 is 46.6 Å². The molecule has 0 fully saturated rings. The summed E-state index contributed by atoms with van der Waals surface area (Å²) in [6, 6.07) is -2.11. The molecule has 0 bridgehead atoms. The van der Waals surface area contributed by atoms with Gasteiger partial charge in [0.25, 0.3) is 4.33 Å². The van der Waals surface area contributed by atoms with Crippen LogP contribution in [0.25, 0.3) is 0 Å². The number of halogens is 4. The highest BCUT2D eigenvalue weighted by atomic mass is 35.5. The van der Waals surface area contributed by atoms with E-state index in [1.54, 1.807) is 0 Å². The topological polar surface area (TPSA) is 34.1 Å². The van der Waals surface area contributed by atoms with Gasteiger partial charge in [-0.25, -0.2) is 0 Å². The molecule has 58 valence electrons. The highest BCUT2D eigenvalue weighted by Crippen LogP contribution is 2.24. The van der Waals surface area contributed by atoms with Crippen molar-refractivity contribution in [2.75, 3.05) is 5.88 Å². The number of carbonyl (C=O) groups is 2. The van der Waals surface area contributed by atoms with Crippen LogP contribution in [0.5, 0.6) is 0 Å². The molecule has 0 saturated heterocycles. The fourth-order valence-corrected chi connectivity index (χ4v) is 0.664. The molecule has 0 N–H and O–H groups in total. The van der Waals surface area contributed by atoms with Gasteiger partial charge in [0.05, 0.1) is 5.88 Å². The predicted molar refractivity (Wildman–Crippen MR) is 36.3 cm³/mol. The summed E-state index contributed by atoms with van der Waals surface area (Å²) in [6.07, 6.45) is 0. The Morgan fingerprint density at radius 1 is 1.40 bits per heavy atom. The van der Waals surface area contributed by atoms with E-state index in [9.17, 15) is 14.0 Å². The van der Waals surface area contributed by atoms with E-state index in [0.29, 0.717) is 0 Å². The third-order valence-electron chi connectivity index (χ3n) is 0.718. The van der Waals surface area contributed by atoms with Gasteiger partial charge >= 0.3 is 6.04 Å². The highest BCUT2D eigenvalue weighted by Gasteiger charge is 2.41. The van der Waals surface area contributed by atoms with E-state index in [1.807, 2.05) is 0 Å². The third kappa shape index (κ3) is 2.08. The molecular formula is C4H2Cl3FO2. The molecule has 2 nitrogen and oxygen atoms in total. The Morgan fingerprint density at radius 2 is 1.80 bits per heavy atom. The first-order valence-corrected chi connectivity index (χ1v) is 3.39. The smallest absolute Gasteiger partial charge is 0.294 e. The Labute approximate surface area is 71.2 Å².